The molecule has 0 amide bonds. The fourth-order valence-electron chi connectivity index (χ4n) is 2.00. The van der Waals surface area contributed by atoms with Crippen molar-refractivity contribution >= 4 is 11.3 Å². The molecule has 1 aromatic heterocycles. The molecule has 5 heteroatoms. The van der Waals surface area contributed by atoms with Crippen LogP contribution in [-0.2, 0) is 19.4 Å². The number of thiazole rings is 1. The number of nitrogens with zero attached hydrogens (tertiary/aromatic N) is 1. The summed E-state index contributed by atoms with van der Waals surface area (Å²) in [6.07, 6.45) is 1.61. The Morgan fingerprint density at radius 3 is 2.29 bits per heavy atom. The van der Waals surface area contributed by atoms with Gasteiger partial charge in [0, 0.05) is 6.42 Å². The molecule has 0 fully saturated rings. The lowest BCUT2D eigenvalue weighted by molar-refractivity contribution is 0.284. The first-order valence-corrected chi connectivity index (χ1v) is 8.02. The Hall–Kier alpha value is -1.59. The third-order valence-electron chi connectivity index (χ3n) is 3.02. The van der Waals surface area contributed by atoms with Crippen LogP contribution in [0.5, 0.6) is 11.5 Å². The molecule has 0 spiro atoms. The highest BCUT2D eigenvalue weighted by molar-refractivity contribution is 7.11. The number of hydrogen-bond acceptors (Lipinski definition) is 5. The zero-order valence-corrected chi connectivity index (χ0v) is 13.3. The first-order valence-electron chi connectivity index (χ1n) is 7.20. The number of hydrogen-bond donors (Lipinski definition) is 1. The summed E-state index contributed by atoms with van der Waals surface area (Å²) in [5, 5.41) is 10.3. The number of aliphatic hydroxyl groups is 1. The smallest absolute Gasteiger partial charge is 0.119 e. The van der Waals surface area contributed by atoms with Gasteiger partial charge >= 0.3 is 0 Å². The summed E-state index contributed by atoms with van der Waals surface area (Å²) in [7, 11) is 0. The van der Waals surface area contributed by atoms with Gasteiger partial charge < -0.3 is 14.6 Å². The van der Waals surface area contributed by atoms with E-state index in [0.717, 1.165) is 39.9 Å². The molecule has 0 saturated heterocycles. The quantitative estimate of drug-likeness (QED) is 0.813. The minimum atomic E-state index is 0.0700. The number of aryl methyl sites for hydroxylation is 1. The molecule has 0 bridgehead atoms. The molecule has 1 aromatic carbocycles. The lowest BCUT2D eigenvalue weighted by Gasteiger charge is -2.06. The summed E-state index contributed by atoms with van der Waals surface area (Å²) in [6.45, 7) is 5.32. The number of aliphatic hydroxyl groups excluding tert-OH is 1. The fourth-order valence-corrected chi connectivity index (χ4v) is 3.00. The van der Waals surface area contributed by atoms with Crippen molar-refractivity contribution < 1.29 is 14.6 Å². The maximum Gasteiger partial charge on any atom is 0.119 e. The topological polar surface area (TPSA) is 51.6 Å². The molecule has 0 aliphatic heterocycles. The van der Waals surface area contributed by atoms with Gasteiger partial charge in [0.2, 0.25) is 0 Å². The van der Waals surface area contributed by atoms with Crippen LogP contribution in [0.2, 0.25) is 0 Å². The van der Waals surface area contributed by atoms with Gasteiger partial charge in [-0.2, -0.15) is 0 Å². The Labute approximate surface area is 129 Å². The predicted molar refractivity (Wildman–Crippen MR) is 84.2 cm³/mol. The molecular formula is C16H21NO3S. The highest BCUT2D eigenvalue weighted by atomic mass is 32.1. The predicted octanol–water partition coefficient (Wildman–Crippen LogP) is 3.22. The minimum absolute atomic E-state index is 0.0700. The Morgan fingerprint density at radius 2 is 1.76 bits per heavy atom. The molecule has 2 aromatic rings. The molecule has 2 rings (SSSR count). The van der Waals surface area contributed by atoms with Crippen LogP contribution in [0.15, 0.2) is 24.3 Å². The molecule has 1 N–H and O–H groups in total. The second-order valence-corrected chi connectivity index (χ2v) is 5.66. The van der Waals surface area contributed by atoms with E-state index in [1.54, 1.807) is 11.3 Å². The molecule has 0 aliphatic rings. The standard InChI is InChI=1S/C16H21NO3S/c1-3-14-15(11-18)21-16(17-14)9-10-20-13-7-5-12(6-8-13)19-4-2/h5-8,18H,3-4,9-11H2,1-2H3. The Balaban J connectivity index is 1.84. The van der Waals surface area contributed by atoms with E-state index >= 15 is 0 Å². The number of benzene rings is 1. The van der Waals surface area contributed by atoms with Crippen LogP contribution in [-0.4, -0.2) is 23.3 Å². The summed E-state index contributed by atoms with van der Waals surface area (Å²) < 4.78 is 11.1. The van der Waals surface area contributed by atoms with Gasteiger partial charge in [0.05, 0.1) is 35.4 Å². The summed E-state index contributed by atoms with van der Waals surface area (Å²) in [5.74, 6) is 1.68. The van der Waals surface area contributed by atoms with Gasteiger partial charge in [-0.15, -0.1) is 11.3 Å². The molecule has 114 valence electrons. The van der Waals surface area contributed by atoms with Crippen molar-refractivity contribution in [1.82, 2.24) is 4.98 Å². The maximum absolute atomic E-state index is 9.26. The molecule has 0 radical (unpaired) electrons. The van der Waals surface area contributed by atoms with E-state index in [1.165, 1.54) is 0 Å². The van der Waals surface area contributed by atoms with Crippen LogP contribution in [0, 0.1) is 0 Å². The Kier molecular flexibility index (Phi) is 6.02. The molecule has 21 heavy (non-hydrogen) atoms. The third kappa shape index (κ3) is 4.44. The van der Waals surface area contributed by atoms with Crippen molar-refractivity contribution in [3.05, 3.63) is 39.8 Å². The van der Waals surface area contributed by atoms with Crippen LogP contribution < -0.4 is 9.47 Å². The van der Waals surface area contributed by atoms with E-state index in [9.17, 15) is 5.11 Å². The zero-order valence-electron chi connectivity index (χ0n) is 12.5. The first kappa shape index (κ1) is 15.8. The van der Waals surface area contributed by atoms with Gasteiger partial charge in [0.15, 0.2) is 0 Å². The lowest BCUT2D eigenvalue weighted by Crippen LogP contribution is -2.01. The maximum atomic E-state index is 9.26. The molecular weight excluding hydrogens is 286 g/mol. The molecule has 0 unspecified atom stereocenters. The zero-order chi connectivity index (χ0) is 15.1. The molecule has 0 saturated carbocycles. The van der Waals surface area contributed by atoms with Crippen molar-refractivity contribution in [3.63, 3.8) is 0 Å². The SMILES string of the molecule is CCOc1ccc(OCCc2nc(CC)c(CO)s2)cc1. The van der Waals surface area contributed by atoms with E-state index in [-0.39, 0.29) is 6.61 Å². The average molecular weight is 307 g/mol. The van der Waals surface area contributed by atoms with Crippen molar-refractivity contribution in [2.75, 3.05) is 13.2 Å². The average Bonchev–Trinajstić information content (AvgIpc) is 2.92. The monoisotopic (exact) mass is 307 g/mol. The van der Waals surface area contributed by atoms with Crippen LogP contribution >= 0.6 is 11.3 Å². The van der Waals surface area contributed by atoms with Gasteiger partial charge in [-0.1, -0.05) is 6.92 Å². The van der Waals surface area contributed by atoms with Crippen LogP contribution in [0.3, 0.4) is 0 Å². The largest absolute Gasteiger partial charge is 0.494 e. The second-order valence-electron chi connectivity index (χ2n) is 4.49. The summed E-state index contributed by atoms with van der Waals surface area (Å²) >= 11 is 1.57. The van der Waals surface area contributed by atoms with E-state index in [0.29, 0.717) is 13.2 Å². The Morgan fingerprint density at radius 1 is 1.10 bits per heavy atom. The van der Waals surface area contributed by atoms with Crippen LogP contribution in [0.25, 0.3) is 0 Å². The highest BCUT2D eigenvalue weighted by Gasteiger charge is 2.08. The molecule has 0 atom stereocenters. The second kappa shape index (κ2) is 8.00. The van der Waals surface area contributed by atoms with Crippen molar-refractivity contribution in [2.45, 2.75) is 33.3 Å². The normalized spacial score (nSPS) is 10.6. The van der Waals surface area contributed by atoms with Gasteiger partial charge in [0.1, 0.15) is 11.5 Å². The number of ether oxygens (including phenoxy) is 2. The van der Waals surface area contributed by atoms with E-state index in [1.807, 2.05) is 31.2 Å². The van der Waals surface area contributed by atoms with Crippen LogP contribution in [0.1, 0.15) is 29.4 Å². The van der Waals surface area contributed by atoms with Crippen molar-refractivity contribution in [3.8, 4) is 11.5 Å². The lowest BCUT2D eigenvalue weighted by atomic mass is 10.3. The summed E-state index contributed by atoms with van der Waals surface area (Å²) in [5.41, 5.74) is 0.999. The fraction of sp³-hybridized carbons (Fsp3) is 0.438. The molecule has 0 aliphatic carbocycles. The first-order chi connectivity index (χ1) is 10.3. The van der Waals surface area contributed by atoms with E-state index in [4.69, 9.17) is 9.47 Å². The van der Waals surface area contributed by atoms with Gasteiger partial charge in [-0.25, -0.2) is 4.98 Å². The highest BCUT2D eigenvalue weighted by Crippen LogP contribution is 2.21. The van der Waals surface area contributed by atoms with Crippen molar-refractivity contribution in [1.29, 1.82) is 0 Å². The van der Waals surface area contributed by atoms with Crippen LogP contribution in [0.4, 0.5) is 0 Å². The number of rotatable bonds is 8. The van der Waals surface area contributed by atoms with E-state index < -0.39 is 0 Å². The van der Waals surface area contributed by atoms with Gasteiger partial charge in [-0.3, -0.25) is 0 Å². The summed E-state index contributed by atoms with van der Waals surface area (Å²) in [4.78, 5) is 5.49. The molecule has 1 heterocycles. The van der Waals surface area contributed by atoms with Crippen molar-refractivity contribution in [2.24, 2.45) is 0 Å². The minimum Gasteiger partial charge on any atom is -0.494 e. The van der Waals surface area contributed by atoms with E-state index in [2.05, 4.69) is 11.9 Å². The summed E-state index contributed by atoms with van der Waals surface area (Å²) in [6, 6.07) is 7.62. The van der Waals surface area contributed by atoms with Gasteiger partial charge in [-0.05, 0) is 37.6 Å². The third-order valence-corrected chi connectivity index (χ3v) is 4.16. The molecule has 4 nitrogen and oxygen atoms in total. The van der Waals surface area contributed by atoms with Gasteiger partial charge in [0.25, 0.3) is 0 Å². The Bertz CT molecular complexity index is 530. The number of aromatic nitrogens is 1.